The molecule has 1 rings (SSSR count). The molecule has 1 aromatic heterocycles. The predicted octanol–water partition coefficient (Wildman–Crippen LogP) is -0.0215. The molecule has 58 valence electrons. The van der Waals surface area contributed by atoms with Gasteiger partial charge in [-0.2, -0.15) is 10.4 Å². The van der Waals surface area contributed by atoms with E-state index in [1.54, 1.807) is 17.8 Å². The Bertz CT molecular complexity index is 284. The first-order chi connectivity index (χ1) is 5.27. The number of hydrogen-bond donors (Lipinski definition) is 1. The number of hydrogen-bond acceptors (Lipinski definition) is 3. The van der Waals surface area contributed by atoms with E-state index in [0.717, 1.165) is 5.69 Å². The molecule has 0 bridgehead atoms. The molecular weight excluding hydrogens is 142 g/mol. The number of aliphatic hydroxyl groups excluding tert-OH is 1. The first-order valence-electron chi connectivity index (χ1n) is 3.27. The summed E-state index contributed by atoms with van der Waals surface area (Å²) < 4.78 is 1.61. The van der Waals surface area contributed by atoms with Crippen LogP contribution >= 0.6 is 0 Å². The van der Waals surface area contributed by atoms with Crippen molar-refractivity contribution in [3.8, 4) is 6.07 Å². The Kier molecular flexibility index (Phi) is 2.24. The minimum absolute atomic E-state index is 0.0702. The van der Waals surface area contributed by atoms with E-state index in [4.69, 9.17) is 10.4 Å². The van der Waals surface area contributed by atoms with Gasteiger partial charge in [-0.05, 0) is 6.07 Å². The fourth-order valence-electron chi connectivity index (χ4n) is 0.895. The zero-order chi connectivity index (χ0) is 8.27. The van der Waals surface area contributed by atoms with Gasteiger partial charge in [-0.15, -0.1) is 0 Å². The van der Waals surface area contributed by atoms with E-state index in [1.165, 1.54) is 0 Å². The Morgan fingerprint density at radius 3 is 3.00 bits per heavy atom. The molecule has 1 N–H and O–H groups in total. The second-order valence-corrected chi connectivity index (χ2v) is 2.24. The Hall–Kier alpha value is -1.34. The van der Waals surface area contributed by atoms with E-state index in [0.29, 0.717) is 12.1 Å². The van der Waals surface area contributed by atoms with Gasteiger partial charge in [0.1, 0.15) is 0 Å². The monoisotopic (exact) mass is 151 g/mol. The van der Waals surface area contributed by atoms with Gasteiger partial charge in [-0.1, -0.05) is 0 Å². The lowest BCUT2D eigenvalue weighted by Gasteiger charge is -1.91. The quantitative estimate of drug-likeness (QED) is 0.646. The molecule has 0 aliphatic heterocycles. The molecule has 4 nitrogen and oxygen atoms in total. The highest BCUT2D eigenvalue weighted by molar-refractivity contribution is 5.12. The van der Waals surface area contributed by atoms with Crippen molar-refractivity contribution in [2.45, 2.75) is 13.0 Å². The minimum Gasteiger partial charge on any atom is -0.390 e. The third kappa shape index (κ3) is 1.57. The molecule has 11 heavy (non-hydrogen) atoms. The van der Waals surface area contributed by atoms with Crippen LogP contribution in [0.15, 0.2) is 6.07 Å². The van der Waals surface area contributed by atoms with E-state index in [-0.39, 0.29) is 6.61 Å². The van der Waals surface area contributed by atoms with E-state index < -0.39 is 0 Å². The molecule has 0 aromatic carbocycles. The molecule has 0 fully saturated rings. The average molecular weight is 151 g/mol. The van der Waals surface area contributed by atoms with Gasteiger partial charge < -0.3 is 5.11 Å². The van der Waals surface area contributed by atoms with Crippen LogP contribution in [-0.2, 0) is 20.1 Å². The van der Waals surface area contributed by atoms with Crippen molar-refractivity contribution in [1.82, 2.24) is 9.78 Å². The van der Waals surface area contributed by atoms with Crippen LogP contribution in [0.1, 0.15) is 11.4 Å². The maximum absolute atomic E-state index is 8.68. The van der Waals surface area contributed by atoms with Crippen LogP contribution in [-0.4, -0.2) is 14.9 Å². The van der Waals surface area contributed by atoms with Crippen molar-refractivity contribution in [3.63, 3.8) is 0 Å². The summed E-state index contributed by atoms with van der Waals surface area (Å²) >= 11 is 0. The maximum Gasteiger partial charge on any atom is 0.0882 e. The predicted molar refractivity (Wildman–Crippen MR) is 38.4 cm³/mol. The van der Waals surface area contributed by atoms with E-state index >= 15 is 0 Å². The summed E-state index contributed by atoms with van der Waals surface area (Å²) in [5.41, 5.74) is 1.44. The SMILES string of the molecule is Cn1nc(CO)cc1CC#N. The highest BCUT2D eigenvalue weighted by Crippen LogP contribution is 2.02. The van der Waals surface area contributed by atoms with Crippen LogP contribution < -0.4 is 0 Å². The Labute approximate surface area is 64.7 Å². The average Bonchev–Trinajstić information content (AvgIpc) is 2.33. The summed E-state index contributed by atoms with van der Waals surface area (Å²) in [7, 11) is 1.76. The maximum atomic E-state index is 8.68. The first-order valence-corrected chi connectivity index (χ1v) is 3.27. The number of aliphatic hydroxyl groups is 1. The normalized spacial score (nSPS) is 9.55. The standard InChI is InChI=1S/C7H9N3O/c1-10-7(2-3-8)4-6(5-11)9-10/h4,11H,2,5H2,1H3. The second-order valence-electron chi connectivity index (χ2n) is 2.24. The van der Waals surface area contributed by atoms with Crippen molar-refractivity contribution >= 4 is 0 Å². The number of aromatic nitrogens is 2. The van der Waals surface area contributed by atoms with Crippen LogP contribution in [0.4, 0.5) is 0 Å². The number of rotatable bonds is 2. The van der Waals surface area contributed by atoms with Crippen molar-refractivity contribution in [3.05, 3.63) is 17.5 Å². The highest BCUT2D eigenvalue weighted by atomic mass is 16.3. The number of nitriles is 1. The zero-order valence-corrected chi connectivity index (χ0v) is 6.28. The van der Waals surface area contributed by atoms with Gasteiger partial charge in [-0.25, -0.2) is 0 Å². The van der Waals surface area contributed by atoms with Crippen molar-refractivity contribution in [2.75, 3.05) is 0 Å². The lowest BCUT2D eigenvalue weighted by atomic mass is 10.3. The third-order valence-electron chi connectivity index (χ3n) is 1.45. The van der Waals surface area contributed by atoms with Gasteiger partial charge >= 0.3 is 0 Å². The van der Waals surface area contributed by atoms with Gasteiger partial charge in [0, 0.05) is 7.05 Å². The molecule has 1 heterocycles. The Balaban J connectivity index is 2.90. The van der Waals surface area contributed by atoms with Crippen LogP contribution in [0, 0.1) is 11.3 Å². The molecular formula is C7H9N3O. The van der Waals surface area contributed by atoms with Gasteiger partial charge in [-0.3, -0.25) is 4.68 Å². The summed E-state index contributed by atoms with van der Waals surface area (Å²) in [6.45, 7) is -0.0702. The summed E-state index contributed by atoms with van der Waals surface area (Å²) in [4.78, 5) is 0. The number of nitrogens with zero attached hydrogens (tertiary/aromatic N) is 3. The molecule has 0 saturated carbocycles. The molecule has 0 amide bonds. The summed E-state index contributed by atoms with van der Waals surface area (Å²) in [6.07, 6.45) is 0.337. The lowest BCUT2D eigenvalue weighted by molar-refractivity contribution is 0.275. The van der Waals surface area contributed by atoms with E-state index in [9.17, 15) is 0 Å². The van der Waals surface area contributed by atoms with Crippen LogP contribution in [0.3, 0.4) is 0 Å². The molecule has 0 saturated heterocycles. The number of aryl methyl sites for hydroxylation is 1. The van der Waals surface area contributed by atoms with Gasteiger partial charge in [0.05, 0.1) is 30.5 Å². The smallest absolute Gasteiger partial charge is 0.0882 e. The van der Waals surface area contributed by atoms with Gasteiger partial charge in [0.2, 0.25) is 0 Å². The second kappa shape index (κ2) is 3.17. The Morgan fingerprint density at radius 1 is 1.82 bits per heavy atom. The van der Waals surface area contributed by atoms with Crippen molar-refractivity contribution in [2.24, 2.45) is 7.05 Å². The fraction of sp³-hybridized carbons (Fsp3) is 0.429. The van der Waals surface area contributed by atoms with Crippen LogP contribution in [0.2, 0.25) is 0 Å². The molecule has 1 aromatic rings. The molecule has 4 heteroatoms. The largest absolute Gasteiger partial charge is 0.390 e. The van der Waals surface area contributed by atoms with Crippen LogP contribution in [0.5, 0.6) is 0 Å². The molecule has 0 aliphatic carbocycles. The van der Waals surface area contributed by atoms with E-state index in [2.05, 4.69) is 5.10 Å². The molecule has 0 unspecified atom stereocenters. The first kappa shape index (κ1) is 7.76. The van der Waals surface area contributed by atoms with Crippen LogP contribution in [0.25, 0.3) is 0 Å². The molecule has 0 radical (unpaired) electrons. The topological polar surface area (TPSA) is 61.8 Å². The third-order valence-corrected chi connectivity index (χ3v) is 1.45. The van der Waals surface area contributed by atoms with Gasteiger partial charge in [0.15, 0.2) is 0 Å². The van der Waals surface area contributed by atoms with Gasteiger partial charge in [0.25, 0.3) is 0 Å². The minimum atomic E-state index is -0.0702. The summed E-state index contributed by atoms with van der Waals surface area (Å²) in [5.74, 6) is 0. The fourth-order valence-corrected chi connectivity index (χ4v) is 0.895. The summed E-state index contributed by atoms with van der Waals surface area (Å²) in [6, 6.07) is 3.75. The highest BCUT2D eigenvalue weighted by Gasteiger charge is 2.02. The van der Waals surface area contributed by atoms with E-state index in [1.807, 2.05) is 6.07 Å². The molecule has 0 spiro atoms. The zero-order valence-electron chi connectivity index (χ0n) is 6.28. The molecule has 0 atom stereocenters. The lowest BCUT2D eigenvalue weighted by Crippen LogP contribution is -1.96. The van der Waals surface area contributed by atoms with Crippen molar-refractivity contribution < 1.29 is 5.11 Å². The Morgan fingerprint density at radius 2 is 2.55 bits per heavy atom. The molecule has 0 aliphatic rings. The summed E-state index contributed by atoms with van der Waals surface area (Å²) in [5, 5.41) is 21.0. The van der Waals surface area contributed by atoms with Crippen molar-refractivity contribution in [1.29, 1.82) is 5.26 Å².